The molecule has 3 N–H and O–H groups in total. The number of nitrogens with zero attached hydrogens (tertiary/aromatic N) is 2. The molecule has 0 saturated heterocycles. The average molecular weight is 595 g/mol. The van der Waals surface area contributed by atoms with Crippen LogP contribution in [0.1, 0.15) is 89.7 Å². The minimum atomic E-state index is -1.09. The van der Waals surface area contributed by atoms with Crippen LogP contribution in [0.25, 0.3) is 0 Å². The number of nitrogens with one attached hydrogen (secondary N) is 2. The van der Waals surface area contributed by atoms with Gasteiger partial charge in [-0.15, -0.1) is 0 Å². The summed E-state index contributed by atoms with van der Waals surface area (Å²) >= 11 is 0. The Labute approximate surface area is 253 Å². The Morgan fingerprint density at radius 2 is 1.63 bits per heavy atom. The van der Waals surface area contributed by atoms with E-state index in [1.54, 1.807) is 17.9 Å². The maximum absolute atomic E-state index is 14.0. The number of carbonyl (C=O) groups is 2. The van der Waals surface area contributed by atoms with Crippen molar-refractivity contribution >= 4 is 11.8 Å². The van der Waals surface area contributed by atoms with Gasteiger partial charge < -0.3 is 20.6 Å². The van der Waals surface area contributed by atoms with Crippen molar-refractivity contribution < 1.29 is 23.5 Å². The highest BCUT2D eigenvalue weighted by Crippen LogP contribution is 2.17. The summed E-state index contributed by atoms with van der Waals surface area (Å²) < 4.78 is 28.0. The molecule has 0 bridgehead atoms. The summed E-state index contributed by atoms with van der Waals surface area (Å²) in [5.74, 6) is -1.88. The number of benzene rings is 2. The van der Waals surface area contributed by atoms with Crippen LogP contribution in [0.3, 0.4) is 0 Å². The second-order valence-electron chi connectivity index (χ2n) is 11.3. The molecule has 3 aromatic rings. The van der Waals surface area contributed by atoms with Gasteiger partial charge in [0.05, 0.1) is 12.1 Å². The number of aryl methyl sites for hydroxylation is 1. The van der Waals surface area contributed by atoms with Gasteiger partial charge in [0.15, 0.2) is 0 Å². The smallest absolute Gasteiger partial charge is 0.272 e. The SMILES string of the molecule is CCCN(CCC)C(=O)c1cc(C(=O)N[C@@H](Cc2cc(F)cc(F)c2)[C@H](O)CNCc2cccc(C(C)C)c2)cc(C)n1. The molecule has 232 valence electrons. The Balaban J connectivity index is 1.80. The normalized spacial score (nSPS) is 12.7. The summed E-state index contributed by atoms with van der Waals surface area (Å²) in [6.45, 7) is 11.7. The third-order valence-corrected chi connectivity index (χ3v) is 7.17. The van der Waals surface area contributed by atoms with Crippen molar-refractivity contribution in [3.8, 4) is 0 Å². The van der Waals surface area contributed by atoms with Gasteiger partial charge in [-0.1, -0.05) is 52.0 Å². The zero-order chi connectivity index (χ0) is 31.5. The van der Waals surface area contributed by atoms with E-state index in [1.807, 2.05) is 26.0 Å². The van der Waals surface area contributed by atoms with E-state index in [2.05, 4.69) is 41.6 Å². The van der Waals surface area contributed by atoms with E-state index in [0.717, 1.165) is 24.5 Å². The summed E-state index contributed by atoms with van der Waals surface area (Å²) in [5, 5.41) is 17.2. The molecule has 2 atom stereocenters. The van der Waals surface area contributed by atoms with Crippen LogP contribution in [0, 0.1) is 18.6 Å². The zero-order valence-electron chi connectivity index (χ0n) is 25.8. The van der Waals surface area contributed by atoms with Crippen LogP contribution in [-0.4, -0.2) is 58.6 Å². The van der Waals surface area contributed by atoms with Crippen molar-refractivity contribution in [3.63, 3.8) is 0 Å². The van der Waals surface area contributed by atoms with E-state index < -0.39 is 29.7 Å². The average Bonchev–Trinajstić information content (AvgIpc) is 2.95. The Morgan fingerprint density at radius 1 is 0.953 bits per heavy atom. The topological polar surface area (TPSA) is 94.6 Å². The standard InChI is InChI=1S/C34H44F2N4O3/c1-6-11-40(12-7-2)34(43)31-18-27(13-23(5)38-31)33(42)39-30(17-25-15-28(35)19-29(36)16-25)32(41)21-37-20-24-9-8-10-26(14-24)22(3)4/h8-10,13-16,18-19,22,30,32,37,41H,6-7,11-12,17,20-21H2,1-5H3,(H,39,42)/t30-,32+/m0/s1. The lowest BCUT2D eigenvalue weighted by Gasteiger charge is -2.25. The second kappa shape index (κ2) is 16.2. The van der Waals surface area contributed by atoms with Crippen molar-refractivity contribution in [3.05, 3.63) is 99.9 Å². The number of carbonyl (C=O) groups excluding carboxylic acids is 2. The van der Waals surface area contributed by atoms with Gasteiger partial charge >= 0.3 is 0 Å². The minimum Gasteiger partial charge on any atom is -0.390 e. The first-order valence-electron chi connectivity index (χ1n) is 15.0. The highest BCUT2D eigenvalue weighted by atomic mass is 19.1. The fraction of sp³-hybridized carbons (Fsp3) is 0.441. The molecule has 0 aliphatic carbocycles. The fourth-order valence-electron chi connectivity index (χ4n) is 5.01. The van der Waals surface area contributed by atoms with E-state index in [-0.39, 0.29) is 30.1 Å². The molecule has 2 aromatic carbocycles. The van der Waals surface area contributed by atoms with E-state index >= 15 is 0 Å². The highest BCUT2D eigenvalue weighted by molar-refractivity contribution is 5.98. The Kier molecular flexibility index (Phi) is 12.8. The summed E-state index contributed by atoms with van der Waals surface area (Å²) in [4.78, 5) is 32.8. The summed E-state index contributed by atoms with van der Waals surface area (Å²) in [6, 6.07) is 13.4. The van der Waals surface area contributed by atoms with E-state index in [4.69, 9.17) is 0 Å². The Hall–Kier alpha value is -3.69. The van der Waals surface area contributed by atoms with Gasteiger partial charge in [-0.05, 0) is 73.1 Å². The maximum atomic E-state index is 14.0. The number of hydrogen-bond acceptors (Lipinski definition) is 5. The van der Waals surface area contributed by atoms with Gasteiger partial charge in [-0.3, -0.25) is 9.59 Å². The van der Waals surface area contributed by atoms with Crippen molar-refractivity contribution in [1.29, 1.82) is 0 Å². The molecule has 0 radical (unpaired) electrons. The predicted octanol–water partition coefficient (Wildman–Crippen LogP) is 5.55. The van der Waals surface area contributed by atoms with Crippen LogP contribution in [0.2, 0.25) is 0 Å². The molecule has 0 saturated carbocycles. The molecule has 43 heavy (non-hydrogen) atoms. The van der Waals surface area contributed by atoms with Gasteiger partial charge in [0.1, 0.15) is 17.3 Å². The Morgan fingerprint density at radius 3 is 2.26 bits per heavy atom. The molecular formula is C34H44F2N4O3. The number of halogens is 2. The highest BCUT2D eigenvalue weighted by Gasteiger charge is 2.25. The lowest BCUT2D eigenvalue weighted by molar-refractivity contribution is 0.0749. The van der Waals surface area contributed by atoms with Crippen LogP contribution in [0.4, 0.5) is 8.78 Å². The Bertz CT molecular complexity index is 1360. The summed E-state index contributed by atoms with van der Waals surface area (Å²) in [5.41, 5.74) is 3.43. The lowest BCUT2D eigenvalue weighted by Crippen LogP contribution is -2.48. The van der Waals surface area contributed by atoms with Crippen LogP contribution in [0.15, 0.2) is 54.6 Å². The molecule has 0 unspecified atom stereocenters. The molecule has 1 heterocycles. The molecule has 0 fully saturated rings. The van der Waals surface area contributed by atoms with E-state index in [0.29, 0.717) is 36.8 Å². The van der Waals surface area contributed by atoms with Crippen LogP contribution in [-0.2, 0) is 13.0 Å². The number of amides is 2. The number of aliphatic hydroxyl groups excluding tert-OH is 1. The monoisotopic (exact) mass is 594 g/mol. The fourth-order valence-corrected chi connectivity index (χ4v) is 5.01. The van der Waals surface area contributed by atoms with Gasteiger partial charge in [-0.2, -0.15) is 0 Å². The summed E-state index contributed by atoms with van der Waals surface area (Å²) in [6.07, 6.45) is 0.491. The molecule has 3 rings (SSSR count). The minimum absolute atomic E-state index is 0.0112. The molecule has 0 aliphatic rings. The van der Waals surface area contributed by atoms with Gasteiger partial charge in [-0.25, -0.2) is 13.8 Å². The molecule has 1 aromatic heterocycles. The van der Waals surface area contributed by atoms with Crippen molar-refractivity contribution in [2.24, 2.45) is 0 Å². The second-order valence-corrected chi connectivity index (χ2v) is 11.3. The van der Waals surface area contributed by atoms with Crippen LogP contribution >= 0.6 is 0 Å². The third kappa shape index (κ3) is 10.2. The van der Waals surface area contributed by atoms with Crippen molar-refractivity contribution in [1.82, 2.24) is 20.5 Å². The maximum Gasteiger partial charge on any atom is 0.272 e. The molecule has 9 heteroatoms. The first kappa shape index (κ1) is 33.8. The van der Waals surface area contributed by atoms with Crippen LogP contribution < -0.4 is 10.6 Å². The first-order valence-corrected chi connectivity index (χ1v) is 15.0. The number of aliphatic hydroxyl groups is 1. The largest absolute Gasteiger partial charge is 0.390 e. The molecule has 7 nitrogen and oxygen atoms in total. The predicted molar refractivity (Wildman–Crippen MR) is 165 cm³/mol. The molecule has 0 spiro atoms. The number of pyridine rings is 1. The molecule has 2 amide bonds. The number of rotatable bonds is 15. The lowest BCUT2D eigenvalue weighted by atomic mass is 9.99. The van der Waals surface area contributed by atoms with E-state index in [9.17, 15) is 23.5 Å². The third-order valence-electron chi connectivity index (χ3n) is 7.17. The summed E-state index contributed by atoms with van der Waals surface area (Å²) in [7, 11) is 0. The molecular weight excluding hydrogens is 550 g/mol. The van der Waals surface area contributed by atoms with Crippen molar-refractivity contribution in [2.75, 3.05) is 19.6 Å². The van der Waals surface area contributed by atoms with Gasteiger partial charge in [0.25, 0.3) is 11.8 Å². The number of hydrogen-bond donors (Lipinski definition) is 3. The quantitative estimate of drug-likeness (QED) is 0.215. The van der Waals surface area contributed by atoms with Crippen molar-refractivity contribution in [2.45, 2.75) is 78.5 Å². The van der Waals surface area contributed by atoms with Crippen LogP contribution in [0.5, 0.6) is 0 Å². The number of aromatic nitrogens is 1. The zero-order valence-corrected chi connectivity index (χ0v) is 25.8. The molecule has 0 aliphatic heterocycles. The van der Waals surface area contributed by atoms with E-state index in [1.165, 1.54) is 23.8 Å². The first-order chi connectivity index (χ1) is 20.5. The van der Waals surface area contributed by atoms with Gasteiger partial charge in [0, 0.05) is 43.5 Å². The van der Waals surface area contributed by atoms with Gasteiger partial charge in [0.2, 0.25) is 0 Å².